The normalized spacial score (nSPS) is 10.4. The summed E-state index contributed by atoms with van der Waals surface area (Å²) in [6.45, 7) is 1.71. The second-order valence-corrected chi connectivity index (χ2v) is 4.88. The molecule has 2 aromatic carbocycles. The van der Waals surface area contributed by atoms with E-state index < -0.39 is 0 Å². The summed E-state index contributed by atoms with van der Waals surface area (Å²) in [6.07, 6.45) is 0.236. The molecule has 0 spiro atoms. The van der Waals surface area contributed by atoms with E-state index in [1.807, 2.05) is 0 Å². The Morgan fingerprint density at radius 2 is 1.55 bits per heavy atom. The molecule has 22 heavy (non-hydrogen) atoms. The van der Waals surface area contributed by atoms with Crippen LogP contribution in [0.4, 0.5) is 0 Å². The molecule has 0 unspecified atom stereocenters. The Morgan fingerprint density at radius 3 is 2.09 bits per heavy atom. The number of esters is 1. The predicted octanol–water partition coefficient (Wildman–Crippen LogP) is 3.83. The smallest absolute Gasteiger partial charge is 0.311 e. The SMILES string of the molecule is CCC(=O)Oc1c(OC)c(OC)c(OC)c2ccc(Cl)cc12. The van der Waals surface area contributed by atoms with Gasteiger partial charge in [-0.25, -0.2) is 0 Å². The van der Waals surface area contributed by atoms with Crippen molar-refractivity contribution in [2.24, 2.45) is 0 Å². The van der Waals surface area contributed by atoms with Crippen molar-refractivity contribution in [3.63, 3.8) is 0 Å². The molecule has 0 atom stereocenters. The molecule has 0 fully saturated rings. The number of rotatable bonds is 5. The van der Waals surface area contributed by atoms with Crippen molar-refractivity contribution in [1.29, 1.82) is 0 Å². The fourth-order valence-electron chi connectivity index (χ4n) is 2.21. The second-order valence-electron chi connectivity index (χ2n) is 4.45. The third kappa shape index (κ3) is 2.76. The van der Waals surface area contributed by atoms with E-state index in [-0.39, 0.29) is 23.9 Å². The molecule has 2 aromatic rings. The average molecular weight is 325 g/mol. The lowest BCUT2D eigenvalue weighted by molar-refractivity contribution is -0.134. The van der Waals surface area contributed by atoms with Gasteiger partial charge >= 0.3 is 5.97 Å². The molecule has 6 heteroatoms. The van der Waals surface area contributed by atoms with Gasteiger partial charge < -0.3 is 18.9 Å². The van der Waals surface area contributed by atoms with Gasteiger partial charge in [-0.3, -0.25) is 4.79 Å². The van der Waals surface area contributed by atoms with Crippen LogP contribution in [-0.2, 0) is 4.79 Å². The first-order valence-corrected chi connectivity index (χ1v) is 7.07. The minimum Gasteiger partial charge on any atom is -0.492 e. The van der Waals surface area contributed by atoms with Crippen LogP contribution in [0, 0.1) is 0 Å². The molecule has 0 bridgehead atoms. The molecular formula is C16H17ClO5. The quantitative estimate of drug-likeness (QED) is 0.618. The first kappa shape index (κ1) is 16.2. The molecule has 0 heterocycles. The summed E-state index contributed by atoms with van der Waals surface area (Å²) >= 11 is 6.07. The maximum Gasteiger partial charge on any atom is 0.311 e. The molecule has 0 aliphatic carbocycles. The van der Waals surface area contributed by atoms with Gasteiger partial charge in [-0.2, -0.15) is 0 Å². The van der Waals surface area contributed by atoms with Crippen LogP contribution in [0.15, 0.2) is 18.2 Å². The Kier molecular flexibility index (Phi) is 4.98. The summed E-state index contributed by atoms with van der Waals surface area (Å²) in [5.41, 5.74) is 0. The number of benzene rings is 2. The predicted molar refractivity (Wildman–Crippen MR) is 84.5 cm³/mol. The zero-order valence-electron chi connectivity index (χ0n) is 12.9. The van der Waals surface area contributed by atoms with Crippen molar-refractivity contribution >= 4 is 28.3 Å². The topological polar surface area (TPSA) is 54.0 Å². The van der Waals surface area contributed by atoms with E-state index in [1.165, 1.54) is 21.3 Å². The van der Waals surface area contributed by atoms with Crippen molar-refractivity contribution in [3.8, 4) is 23.0 Å². The lowest BCUT2D eigenvalue weighted by Crippen LogP contribution is -2.08. The van der Waals surface area contributed by atoms with Crippen LogP contribution in [0.5, 0.6) is 23.0 Å². The number of carbonyl (C=O) groups is 1. The molecule has 2 rings (SSSR count). The molecule has 0 saturated carbocycles. The Labute approximate surface area is 133 Å². The second kappa shape index (κ2) is 6.75. The Morgan fingerprint density at radius 1 is 0.955 bits per heavy atom. The summed E-state index contributed by atoms with van der Waals surface area (Å²) < 4.78 is 21.6. The third-order valence-electron chi connectivity index (χ3n) is 3.21. The first-order chi connectivity index (χ1) is 10.6. The van der Waals surface area contributed by atoms with Crippen LogP contribution in [-0.4, -0.2) is 27.3 Å². The van der Waals surface area contributed by atoms with E-state index in [9.17, 15) is 4.79 Å². The Bertz CT molecular complexity index is 711. The number of ether oxygens (including phenoxy) is 4. The largest absolute Gasteiger partial charge is 0.492 e. The Balaban J connectivity index is 2.88. The van der Waals surface area contributed by atoms with E-state index in [2.05, 4.69) is 0 Å². The van der Waals surface area contributed by atoms with Gasteiger partial charge in [0.05, 0.1) is 21.3 Å². The summed E-state index contributed by atoms with van der Waals surface area (Å²) in [7, 11) is 4.49. The maximum absolute atomic E-state index is 11.7. The maximum atomic E-state index is 11.7. The highest BCUT2D eigenvalue weighted by Gasteiger charge is 2.24. The number of hydrogen-bond donors (Lipinski definition) is 0. The molecule has 5 nitrogen and oxygen atoms in total. The number of carbonyl (C=O) groups excluding carboxylic acids is 1. The number of halogens is 1. The molecule has 118 valence electrons. The van der Waals surface area contributed by atoms with Gasteiger partial charge in [-0.15, -0.1) is 0 Å². The number of methoxy groups -OCH3 is 3. The highest BCUT2D eigenvalue weighted by molar-refractivity contribution is 6.31. The van der Waals surface area contributed by atoms with Gasteiger partial charge in [0.2, 0.25) is 11.5 Å². The van der Waals surface area contributed by atoms with Gasteiger partial charge in [0.1, 0.15) is 0 Å². The lowest BCUT2D eigenvalue weighted by Gasteiger charge is -2.19. The molecule has 0 aliphatic rings. The molecule has 0 N–H and O–H groups in total. The lowest BCUT2D eigenvalue weighted by atomic mass is 10.1. The van der Waals surface area contributed by atoms with Gasteiger partial charge in [-0.1, -0.05) is 18.5 Å². The molecule has 0 radical (unpaired) electrons. The summed E-state index contributed by atoms with van der Waals surface area (Å²) in [5, 5.41) is 1.84. The van der Waals surface area contributed by atoms with Crippen molar-refractivity contribution in [2.75, 3.05) is 21.3 Å². The number of fused-ring (bicyclic) bond motifs is 1. The minimum absolute atomic E-state index is 0.236. The average Bonchev–Trinajstić information content (AvgIpc) is 2.53. The van der Waals surface area contributed by atoms with Crippen LogP contribution in [0.3, 0.4) is 0 Å². The van der Waals surface area contributed by atoms with Crippen LogP contribution in [0.1, 0.15) is 13.3 Å². The van der Waals surface area contributed by atoms with Crippen LogP contribution < -0.4 is 18.9 Å². The highest BCUT2D eigenvalue weighted by atomic mass is 35.5. The van der Waals surface area contributed by atoms with E-state index >= 15 is 0 Å². The molecule has 0 aliphatic heterocycles. The monoisotopic (exact) mass is 324 g/mol. The zero-order valence-corrected chi connectivity index (χ0v) is 13.6. The van der Waals surface area contributed by atoms with E-state index in [4.69, 9.17) is 30.5 Å². The molecular weight excluding hydrogens is 308 g/mol. The van der Waals surface area contributed by atoms with E-state index in [0.29, 0.717) is 27.3 Å². The standard InChI is InChI=1S/C16H17ClO5/c1-5-12(18)22-14-11-8-9(17)6-7-10(11)13(19-2)15(20-3)16(14)21-4/h6-8H,5H2,1-4H3. The van der Waals surface area contributed by atoms with E-state index in [0.717, 1.165) is 0 Å². The van der Waals surface area contributed by atoms with Crippen LogP contribution in [0.2, 0.25) is 5.02 Å². The van der Waals surface area contributed by atoms with Crippen molar-refractivity contribution in [2.45, 2.75) is 13.3 Å². The third-order valence-corrected chi connectivity index (χ3v) is 3.44. The minimum atomic E-state index is -0.383. The summed E-state index contributed by atoms with van der Waals surface area (Å²) in [5.74, 6) is 1.02. The van der Waals surface area contributed by atoms with Gasteiger partial charge in [0.15, 0.2) is 11.5 Å². The fourth-order valence-corrected chi connectivity index (χ4v) is 2.39. The van der Waals surface area contributed by atoms with Gasteiger partial charge in [-0.05, 0) is 18.2 Å². The van der Waals surface area contributed by atoms with Crippen molar-refractivity contribution < 1.29 is 23.7 Å². The van der Waals surface area contributed by atoms with Crippen LogP contribution >= 0.6 is 11.6 Å². The number of hydrogen-bond acceptors (Lipinski definition) is 5. The summed E-state index contributed by atoms with van der Waals surface area (Å²) in [6, 6.07) is 5.20. The van der Waals surface area contributed by atoms with E-state index in [1.54, 1.807) is 25.1 Å². The van der Waals surface area contributed by atoms with Crippen molar-refractivity contribution in [1.82, 2.24) is 0 Å². The molecule has 0 amide bonds. The highest BCUT2D eigenvalue weighted by Crippen LogP contribution is 2.51. The fraction of sp³-hybridized carbons (Fsp3) is 0.312. The van der Waals surface area contributed by atoms with Gasteiger partial charge in [0, 0.05) is 22.2 Å². The van der Waals surface area contributed by atoms with Crippen molar-refractivity contribution in [3.05, 3.63) is 23.2 Å². The molecule has 0 aromatic heterocycles. The molecule has 0 saturated heterocycles. The van der Waals surface area contributed by atoms with Gasteiger partial charge in [0.25, 0.3) is 0 Å². The van der Waals surface area contributed by atoms with Crippen LogP contribution in [0.25, 0.3) is 10.8 Å². The summed E-state index contributed by atoms with van der Waals surface area (Å²) in [4.78, 5) is 11.7. The first-order valence-electron chi connectivity index (χ1n) is 6.69. The zero-order chi connectivity index (χ0) is 16.3. The Hall–Kier alpha value is -2.14.